The Morgan fingerprint density at radius 3 is 2.34 bits per heavy atom. The maximum atomic E-state index is 12.0. The van der Waals surface area contributed by atoms with Gasteiger partial charge < -0.3 is 18.8 Å². The number of allylic oxidation sites excluding steroid dienone is 1. The average Bonchev–Trinajstić information content (AvgIpc) is 3.50. The molecule has 0 saturated heterocycles. The molecular formula is C35H45NO5. The molecule has 6 heteroatoms. The van der Waals surface area contributed by atoms with Crippen molar-refractivity contribution in [1.29, 1.82) is 0 Å². The maximum Gasteiger partial charge on any atom is 0.338 e. The van der Waals surface area contributed by atoms with Gasteiger partial charge in [0.25, 0.3) is 0 Å². The van der Waals surface area contributed by atoms with E-state index in [4.69, 9.17) is 14.2 Å². The largest absolute Gasteiger partial charge is 0.493 e. The fourth-order valence-corrected chi connectivity index (χ4v) is 4.73. The molecule has 0 aliphatic rings. The highest BCUT2D eigenvalue weighted by Crippen LogP contribution is 2.24. The number of para-hydroxylation sites is 1. The number of carbonyl (C=O) groups is 2. The Morgan fingerprint density at radius 2 is 1.59 bits per heavy atom. The summed E-state index contributed by atoms with van der Waals surface area (Å²) in [5.74, 6) is 0.735. The van der Waals surface area contributed by atoms with Crippen molar-refractivity contribution in [2.75, 3.05) is 19.8 Å². The standard InChI is InChI=1S/C35H45NO5/c1-3-39-34(37)17-9-6-14-29(28-30-19-22-32(23-20-30)35(38)40-4-2)18-21-31-15-7-8-16-33(31)41-27-13-5-10-24-36-25-11-12-26-36/h7-8,11-12,15-16,18-23,25-26,29H,3-6,9-10,13-14,17,24,27-28H2,1-2H3. The van der Waals surface area contributed by atoms with E-state index < -0.39 is 0 Å². The lowest BCUT2D eigenvalue weighted by Crippen LogP contribution is -2.06. The van der Waals surface area contributed by atoms with E-state index in [0.29, 0.717) is 31.8 Å². The lowest BCUT2D eigenvalue weighted by Gasteiger charge is -2.14. The Hall–Kier alpha value is -3.80. The Bertz CT molecular complexity index is 1180. The van der Waals surface area contributed by atoms with Crippen molar-refractivity contribution < 1.29 is 23.8 Å². The Balaban J connectivity index is 1.58. The highest BCUT2D eigenvalue weighted by Gasteiger charge is 2.11. The van der Waals surface area contributed by atoms with E-state index in [-0.39, 0.29) is 17.9 Å². The van der Waals surface area contributed by atoms with Gasteiger partial charge in [-0.25, -0.2) is 4.79 Å². The zero-order valence-electron chi connectivity index (χ0n) is 24.6. The average molecular weight is 560 g/mol. The molecule has 0 fully saturated rings. The Labute approximate surface area is 245 Å². The second-order valence-corrected chi connectivity index (χ2v) is 10.2. The third kappa shape index (κ3) is 12.1. The van der Waals surface area contributed by atoms with Crippen molar-refractivity contribution in [2.45, 2.75) is 71.8 Å². The van der Waals surface area contributed by atoms with Crippen LogP contribution in [0.2, 0.25) is 0 Å². The molecule has 0 saturated carbocycles. The molecule has 1 heterocycles. The second-order valence-electron chi connectivity index (χ2n) is 10.2. The molecule has 0 aliphatic carbocycles. The number of carbonyl (C=O) groups excluding carboxylic acids is 2. The zero-order chi connectivity index (χ0) is 29.1. The molecule has 0 radical (unpaired) electrons. The van der Waals surface area contributed by atoms with Gasteiger partial charge in [0.1, 0.15) is 5.75 Å². The molecule has 2 aromatic carbocycles. The summed E-state index contributed by atoms with van der Waals surface area (Å²) in [4.78, 5) is 23.8. The van der Waals surface area contributed by atoms with Crippen LogP contribution in [0.25, 0.3) is 6.08 Å². The van der Waals surface area contributed by atoms with Crippen LogP contribution >= 0.6 is 0 Å². The first-order valence-corrected chi connectivity index (χ1v) is 15.0. The first-order valence-electron chi connectivity index (χ1n) is 15.0. The van der Waals surface area contributed by atoms with Crippen LogP contribution in [-0.2, 0) is 27.2 Å². The topological polar surface area (TPSA) is 66.8 Å². The van der Waals surface area contributed by atoms with Gasteiger partial charge in [-0.15, -0.1) is 0 Å². The van der Waals surface area contributed by atoms with Crippen molar-refractivity contribution in [2.24, 2.45) is 5.92 Å². The summed E-state index contributed by atoms with van der Waals surface area (Å²) in [6, 6.07) is 19.9. The quantitative estimate of drug-likeness (QED) is 0.110. The fraction of sp³-hybridized carbons (Fsp3) is 0.429. The number of aromatic nitrogens is 1. The van der Waals surface area contributed by atoms with E-state index in [2.05, 4.69) is 47.3 Å². The Morgan fingerprint density at radius 1 is 0.829 bits per heavy atom. The van der Waals surface area contributed by atoms with Gasteiger partial charge in [-0.05, 0) is 94.2 Å². The highest BCUT2D eigenvalue weighted by atomic mass is 16.5. The third-order valence-corrected chi connectivity index (χ3v) is 6.93. The molecule has 6 nitrogen and oxygen atoms in total. The molecule has 0 amide bonds. The number of unbranched alkanes of at least 4 members (excludes halogenated alkanes) is 3. The van der Waals surface area contributed by atoms with Crippen molar-refractivity contribution in [3.05, 3.63) is 95.8 Å². The Kier molecular flexibility index (Phi) is 14.3. The normalized spacial score (nSPS) is 11.9. The van der Waals surface area contributed by atoms with Gasteiger partial charge in [-0.2, -0.15) is 0 Å². The number of ether oxygens (including phenoxy) is 3. The smallest absolute Gasteiger partial charge is 0.338 e. The first-order chi connectivity index (χ1) is 20.1. The van der Waals surface area contributed by atoms with Crippen molar-refractivity contribution in [1.82, 2.24) is 4.57 Å². The van der Waals surface area contributed by atoms with Crippen LogP contribution in [0.1, 0.15) is 80.3 Å². The van der Waals surface area contributed by atoms with E-state index >= 15 is 0 Å². The van der Waals surface area contributed by atoms with Gasteiger partial charge in [-0.3, -0.25) is 4.79 Å². The summed E-state index contributed by atoms with van der Waals surface area (Å²) in [5.41, 5.74) is 2.78. The summed E-state index contributed by atoms with van der Waals surface area (Å²) < 4.78 is 18.6. The van der Waals surface area contributed by atoms with Crippen molar-refractivity contribution in [3.63, 3.8) is 0 Å². The van der Waals surface area contributed by atoms with Gasteiger partial charge in [-0.1, -0.05) is 48.9 Å². The van der Waals surface area contributed by atoms with Crippen LogP contribution in [0.4, 0.5) is 0 Å². The summed E-state index contributed by atoms with van der Waals surface area (Å²) in [7, 11) is 0. The minimum absolute atomic E-state index is 0.134. The number of aryl methyl sites for hydroxylation is 1. The lowest BCUT2D eigenvalue weighted by molar-refractivity contribution is -0.143. The van der Waals surface area contributed by atoms with E-state index in [1.807, 2.05) is 49.4 Å². The molecule has 0 spiro atoms. The van der Waals surface area contributed by atoms with Gasteiger partial charge in [0.15, 0.2) is 0 Å². The number of nitrogens with zero attached hydrogens (tertiary/aromatic N) is 1. The molecule has 0 aliphatic heterocycles. The molecule has 41 heavy (non-hydrogen) atoms. The van der Waals surface area contributed by atoms with E-state index in [1.165, 1.54) is 0 Å². The summed E-state index contributed by atoms with van der Waals surface area (Å²) in [5, 5.41) is 0. The first kappa shape index (κ1) is 31.7. The van der Waals surface area contributed by atoms with Crippen molar-refractivity contribution >= 4 is 18.0 Å². The van der Waals surface area contributed by atoms with Crippen molar-refractivity contribution in [3.8, 4) is 5.75 Å². The second kappa shape index (κ2) is 18.5. The number of benzene rings is 2. The summed E-state index contributed by atoms with van der Waals surface area (Å²) in [6.45, 7) is 6.15. The number of esters is 2. The predicted octanol–water partition coefficient (Wildman–Crippen LogP) is 7.91. The third-order valence-electron chi connectivity index (χ3n) is 6.93. The van der Waals surface area contributed by atoms with Crippen LogP contribution < -0.4 is 4.74 Å². The molecule has 0 N–H and O–H groups in total. The zero-order valence-corrected chi connectivity index (χ0v) is 24.6. The molecule has 1 unspecified atom stereocenters. The lowest BCUT2D eigenvalue weighted by atomic mass is 9.92. The predicted molar refractivity (Wildman–Crippen MR) is 164 cm³/mol. The van der Waals surface area contributed by atoms with Crippen LogP contribution in [0.15, 0.2) is 79.1 Å². The number of hydrogen-bond donors (Lipinski definition) is 0. The van der Waals surface area contributed by atoms with Crippen LogP contribution in [0, 0.1) is 5.92 Å². The molecule has 3 rings (SSSR count). The van der Waals surface area contributed by atoms with E-state index in [0.717, 1.165) is 68.4 Å². The monoisotopic (exact) mass is 559 g/mol. The van der Waals surface area contributed by atoms with Gasteiger partial charge >= 0.3 is 11.9 Å². The molecule has 1 aromatic heterocycles. The summed E-state index contributed by atoms with van der Waals surface area (Å²) in [6.07, 6.45) is 15.8. The maximum absolute atomic E-state index is 12.0. The van der Waals surface area contributed by atoms with Crippen LogP contribution in [0.3, 0.4) is 0 Å². The summed E-state index contributed by atoms with van der Waals surface area (Å²) >= 11 is 0. The van der Waals surface area contributed by atoms with Gasteiger partial charge in [0.2, 0.25) is 0 Å². The minimum atomic E-state index is -0.299. The number of rotatable bonds is 19. The number of hydrogen-bond acceptors (Lipinski definition) is 5. The van der Waals surface area contributed by atoms with E-state index in [9.17, 15) is 9.59 Å². The molecular weight excluding hydrogens is 514 g/mol. The molecule has 1 atom stereocenters. The fourth-order valence-electron chi connectivity index (χ4n) is 4.73. The molecule has 3 aromatic rings. The van der Waals surface area contributed by atoms with E-state index in [1.54, 1.807) is 6.92 Å². The van der Waals surface area contributed by atoms with Gasteiger partial charge in [0, 0.05) is 30.9 Å². The van der Waals surface area contributed by atoms with Gasteiger partial charge in [0.05, 0.1) is 25.4 Å². The minimum Gasteiger partial charge on any atom is -0.493 e. The van der Waals surface area contributed by atoms with Crippen LogP contribution in [0.5, 0.6) is 5.75 Å². The molecule has 220 valence electrons. The highest BCUT2D eigenvalue weighted by molar-refractivity contribution is 5.89. The van der Waals surface area contributed by atoms with Crippen LogP contribution in [-0.4, -0.2) is 36.3 Å². The SMILES string of the molecule is CCOC(=O)CCCCC(C=Cc1ccccc1OCCCCCn1cccc1)Cc1ccc(C(=O)OCC)cc1. The molecule has 0 bridgehead atoms.